The number of benzene rings is 1. The second-order valence-electron chi connectivity index (χ2n) is 6.71. The lowest BCUT2D eigenvalue weighted by atomic mass is 10.1. The van der Waals surface area contributed by atoms with Crippen LogP contribution in [0.1, 0.15) is 16.1 Å². The molecule has 0 aliphatic carbocycles. The molecular formula is C20H18BrFN4O2. The van der Waals surface area contributed by atoms with Gasteiger partial charge in [0.15, 0.2) is 0 Å². The van der Waals surface area contributed by atoms with E-state index in [1.165, 1.54) is 16.5 Å². The van der Waals surface area contributed by atoms with E-state index in [1.54, 1.807) is 35.4 Å². The molecule has 3 aromatic rings. The third-order valence-corrected chi connectivity index (χ3v) is 5.32. The first kappa shape index (κ1) is 18.8. The van der Waals surface area contributed by atoms with E-state index in [0.29, 0.717) is 48.5 Å². The van der Waals surface area contributed by atoms with Crippen LogP contribution in [0.5, 0.6) is 0 Å². The molecule has 28 heavy (non-hydrogen) atoms. The summed E-state index contributed by atoms with van der Waals surface area (Å²) < 4.78 is 16.2. The summed E-state index contributed by atoms with van der Waals surface area (Å²) in [5.41, 5.74) is 1.29. The first-order valence-electron chi connectivity index (χ1n) is 8.95. The minimum absolute atomic E-state index is 0.0841. The maximum Gasteiger partial charge on any atom is 0.258 e. The van der Waals surface area contributed by atoms with Crippen LogP contribution in [0.3, 0.4) is 0 Å². The molecule has 4 rings (SSSR count). The number of halogens is 2. The molecule has 1 amide bonds. The van der Waals surface area contributed by atoms with Crippen molar-refractivity contribution in [3.8, 4) is 0 Å². The third-order valence-electron chi connectivity index (χ3n) is 4.83. The molecule has 0 bridgehead atoms. The predicted molar refractivity (Wildman–Crippen MR) is 107 cm³/mol. The minimum atomic E-state index is -0.525. The van der Waals surface area contributed by atoms with Crippen LogP contribution >= 0.6 is 15.9 Å². The Hall–Kier alpha value is -2.58. The fourth-order valence-corrected chi connectivity index (χ4v) is 3.69. The normalized spacial score (nSPS) is 15.1. The predicted octanol–water partition coefficient (Wildman–Crippen LogP) is 2.55. The number of piperazine rings is 1. The van der Waals surface area contributed by atoms with Gasteiger partial charge >= 0.3 is 0 Å². The Labute approximate surface area is 169 Å². The van der Waals surface area contributed by atoms with Crippen LogP contribution < -0.4 is 5.56 Å². The summed E-state index contributed by atoms with van der Waals surface area (Å²) in [5, 5.41) is 0. The van der Waals surface area contributed by atoms with Crippen LogP contribution in [-0.4, -0.2) is 51.3 Å². The van der Waals surface area contributed by atoms with E-state index in [0.717, 1.165) is 0 Å². The van der Waals surface area contributed by atoms with Gasteiger partial charge in [0.1, 0.15) is 11.5 Å². The molecule has 1 aliphatic heterocycles. The number of carbonyl (C=O) groups is 1. The number of pyridine rings is 1. The zero-order valence-corrected chi connectivity index (χ0v) is 16.6. The molecule has 1 saturated heterocycles. The van der Waals surface area contributed by atoms with Gasteiger partial charge in [-0.05, 0) is 30.3 Å². The third kappa shape index (κ3) is 3.83. The van der Waals surface area contributed by atoms with E-state index in [9.17, 15) is 14.0 Å². The number of hydrogen-bond acceptors (Lipinski definition) is 4. The van der Waals surface area contributed by atoms with Crippen molar-refractivity contribution < 1.29 is 9.18 Å². The molecule has 0 unspecified atom stereocenters. The zero-order valence-electron chi connectivity index (χ0n) is 15.0. The van der Waals surface area contributed by atoms with Gasteiger partial charge in [-0.3, -0.25) is 18.9 Å². The lowest BCUT2D eigenvalue weighted by Crippen LogP contribution is -2.48. The van der Waals surface area contributed by atoms with E-state index in [4.69, 9.17) is 0 Å². The molecule has 1 fully saturated rings. The number of rotatable bonds is 3. The average molecular weight is 445 g/mol. The number of hydrogen-bond donors (Lipinski definition) is 0. The first-order valence-corrected chi connectivity index (χ1v) is 9.74. The van der Waals surface area contributed by atoms with Crippen molar-refractivity contribution in [2.45, 2.75) is 6.54 Å². The van der Waals surface area contributed by atoms with Crippen LogP contribution in [0.2, 0.25) is 0 Å². The second kappa shape index (κ2) is 7.81. The highest BCUT2D eigenvalue weighted by Crippen LogP contribution is 2.18. The van der Waals surface area contributed by atoms with Gasteiger partial charge in [-0.15, -0.1) is 0 Å². The van der Waals surface area contributed by atoms with Crippen LogP contribution in [0, 0.1) is 5.82 Å². The van der Waals surface area contributed by atoms with Crippen molar-refractivity contribution in [1.82, 2.24) is 19.2 Å². The van der Waals surface area contributed by atoms with Crippen molar-refractivity contribution in [2.75, 3.05) is 26.2 Å². The van der Waals surface area contributed by atoms with E-state index in [1.807, 2.05) is 6.07 Å². The molecule has 144 valence electrons. The van der Waals surface area contributed by atoms with Crippen molar-refractivity contribution in [1.29, 1.82) is 0 Å². The highest BCUT2D eigenvalue weighted by atomic mass is 79.9. The van der Waals surface area contributed by atoms with E-state index in [2.05, 4.69) is 25.8 Å². The number of carbonyl (C=O) groups excluding carboxylic acids is 1. The zero-order chi connectivity index (χ0) is 19.7. The maximum absolute atomic E-state index is 14.1. The molecule has 1 aromatic carbocycles. The van der Waals surface area contributed by atoms with Crippen molar-refractivity contribution >= 4 is 27.5 Å². The number of nitrogens with zero attached hydrogens (tertiary/aromatic N) is 4. The summed E-state index contributed by atoms with van der Waals surface area (Å²) in [5.74, 6) is -0.825. The summed E-state index contributed by atoms with van der Waals surface area (Å²) >= 11 is 3.20. The maximum atomic E-state index is 14.1. The SMILES string of the molecule is O=C(c1ccc(Br)cc1F)N1CCN(Cc2cc(=O)n3ccccc3n2)CC1. The fraction of sp³-hybridized carbons (Fsp3) is 0.250. The van der Waals surface area contributed by atoms with Crippen molar-refractivity contribution in [3.63, 3.8) is 0 Å². The van der Waals surface area contributed by atoms with Gasteiger partial charge in [0.2, 0.25) is 0 Å². The summed E-state index contributed by atoms with van der Waals surface area (Å²) in [6.07, 6.45) is 1.69. The summed E-state index contributed by atoms with van der Waals surface area (Å²) in [6, 6.07) is 11.4. The number of aromatic nitrogens is 2. The van der Waals surface area contributed by atoms with Crippen molar-refractivity contribution in [3.05, 3.63) is 80.6 Å². The molecule has 1 aliphatic rings. The molecule has 8 heteroatoms. The standard InChI is InChI=1S/C20H18BrFN4O2/c21-14-4-5-16(17(22)11-14)20(28)25-9-7-24(8-10-25)13-15-12-19(27)26-6-2-1-3-18(26)23-15/h1-6,11-12H,7-10,13H2. The van der Waals surface area contributed by atoms with Crippen molar-refractivity contribution in [2.24, 2.45) is 0 Å². The Bertz CT molecular complexity index is 1090. The van der Waals surface area contributed by atoms with E-state index in [-0.39, 0.29) is 17.0 Å². The molecule has 0 atom stereocenters. The van der Waals surface area contributed by atoms with Gasteiger partial charge in [-0.2, -0.15) is 0 Å². The fourth-order valence-electron chi connectivity index (χ4n) is 3.36. The summed E-state index contributed by atoms with van der Waals surface area (Å²) in [4.78, 5) is 33.1. The number of amides is 1. The lowest BCUT2D eigenvalue weighted by Gasteiger charge is -2.34. The van der Waals surface area contributed by atoms with Gasteiger partial charge in [0, 0.05) is 49.5 Å². The second-order valence-corrected chi connectivity index (χ2v) is 7.62. The van der Waals surface area contributed by atoms with Crippen LogP contribution in [0.4, 0.5) is 4.39 Å². The molecule has 0 spiro atoms. The van der Waals surface area contributed by atoms with Crippen LogP contribution in [0.25, 0.3) is 5.65 Å². The first-order chi connectivity index (χ1) is 13.5. The molecular weight excluding hydrogens is 427 g/mol. The van der Waals surface area contributed by atoms with E-state index < -0.39 is 5.82 Å². The Morgan fingerprint density at radius 3 is 2.64 bits per heavy atom. The molecule has 6 nitrogen and oxygen atoms in total. The topological polar surface area (TPSA) is 57.9 Å². The molecule has 0 N–H and O–H groups in total. The van der Waals surface area contributed by atoms with Gasteiger partial charge in [-0.1, -0.05) is 22.0 Å². The Kier molecular flexibility index (Phi) is 5.23. The van der Waals surface area contributed by atoms with Crippen LogP contribution in [-0.2, 0) is 6.54 Å². The molecule has 0 radical (unpaired) electrons. The van der Waals surface area contributed by atoms with Gasteiger partial charge in [0.05, 0.1) is 11.3 Å². The Morgan fingerprint density at radius 2 is 1.89 bits per heavy atom. The molecule has 3 heterocycles. The Morgan fingerprint density at radius 1 is 1.11 bits per heavy atom. The highest BCUT2D eigenvalue weighted by Gasteiger charge is 2.24. The molecule has 0 saturated carbocycles. The number of fused-ring (bicyclic) bond motifs is 1. The minimum Gasteiger partial charge on any atom is -0.336 e. The van der Waals surface area contributed by atoms with Crippen LogP contribution in [0.15, 0.2) is 57.9 Å². The Balaban J connectivity index is 1.42. The average Bonchev–Trinajstić information content (AvgIpc) is 2.68. The van der Waals surface area contributed by atoms with E-state index >= 15 is 0 Å². The van der Waals surface area contributed by atoms with Gasteiger partial charge in [0.25, 0.3) is 11.5 Å². The molecule has 2 aromatic heterocycles. The largest absolute Gasteiger partial charge is 0.336 e. The monoisotopic (exact) mass is 444 g/mol. The summed E-state index contributed by atoms with van der Waals surface area (Å²) in [6.45, 7) is 2.82. The quantitative estimate of drug-likeness (QED) is 0.622. The summed E-state index contributed by atoms with van der Waals surface area (Å²) in [7, 11) is 0. The highest BCUT2D eigenvalue weighted by molar-refractivity contribution is 9.10. The lowest BCUT2D eigenvalue weighted by molar-refractivity contribution is 0.0622. The smallest absolute Gasteiger partial charge is 0.258 e. The van der Waals surface area contributed by atoms with Gasteiger partial charge < -0.3 is 4.90 Å². The van der Waals surface area contributed by atoms with Gasteiger partial charge in [-0.25, -0.2) is 9.37 Å².